The number of thioether (sulfide) groups is 1. The van der Waals surface area contributed by atoms with E-state index < -0.39 is 0 Å². The Labute approximate surface area is 144 Å². The second-order valence-corrected chi connectivity index (χ2v) is 7.61. The molecule has 0 amide bonds. The first kappa shape index (κ1) is 16.0. The van der Waals surface area contributed by atoms with E-state index in [2.05, 4.69) is 4.90 Å². The smallest absolute Gasteiger partial charge is 0.336 e. The van der Waals surface area contributed by atoms with E-state index in [-0.39, 0.29) is 5.63 Å². The standard InChI is InChI=1S/C18H21NO4S/c1-21-13-2-3-14-12(8-18(20)23-16(14)9-13)10-19-5-7-24-17-11-22-6-4-15(17)19/h2-3,8-9,15,17H,4-7,10-11H2,1H3/t15-,17-/m0/s1. The minimum absolute atomic E-state index is 0.305. The van der Waals surface area contributed by atoms with Crippen LogP contribution >= 0.6 is 11.8 Å². The fraction of sp³-hybridized carbons (Fsp3) is 0.500. The zero-order valence-corrected chi connectivity index (χ0v) is 14.5. The van der Waals surface area contributed by atoms with Crippen molar-refractivity contribution >= 4 is 22.7 Å². The lowest BCUT2D eigenvalue weighted by Gasteiger charge is -2.43. The predicted molar refractivity (Wildman–Crippen MR) is 94.9 cm³/mol. The lowest BCUT2D eigenvalue weighted by molar-refractivity contribution is 0.0352. The molecule has 1 aromatic carbocycles. The van der Waals surface area contributed by atoms with Crippen LogP contribution in [-0.4, -0.2) is 48.8 Å². The molecule has 0 unspecified atom stereocenters. The summed E-state index contributed by atoms with van der Waals surface area (Å²) in [6.45, 7) is 3.48. The van der Waals surface area contributed by atoms with Crippen LogP contribution in [0, 0.1) is 0 Å². The van der Waals surface area contributed by atoms with Gasteiger partial charge < -0.3 is 13.9 Å². The summed E-state index contributed by atoms with van der Waals surface area (Å²) in [4.78, 5) is 14.5. The molecule has 6 heteroatoms. The maximum Gasteiger partial charge on any atom is 0.336 e. The molecular weight excluding hydrogens is 326 g/mol. The summed E-state index contributed by atoms with van der Waals surface area (Å²) in [6, 6.07) is 7.83. The third-order valence-corrected chi connectivity index (χ3v) is 6.16. The van der Waals surface area contributed by atoms with Crippen molar-refractivity contribution in [1.29, 1.82) is 0 Å². The molecule has 24 heavy (non-hydrogen) atoms. The predicted octanol–water partition coefficient (Wildman–Crippen LogP) is 2.51. The van der Waals surface area contributed by atoms with E-state index in [4.69, 9.17) is 13.9 Å². The first-order chi connectivity index (χ1) is 11.7. The topological polar surface area (TPSA) is 51.9 Å². The van der Waals surface area contributed by atoms with Crippen LogP contribution in [0.2, 0.25) is 0 Å². The molecule has 4 rings (SSSR count). The number of ether oxygens (including phenoxy) is 2. The number of benzene rings is 1. The van der Waals surface area contributed by atoms with Gasteiger partial charge in [0.05, 0.1) is 13.7 Å². The van der Waals surface area contributed by atoms with Gasteiger partial charge in [-0.15, -0.1) is 0 Å². The minimum atomic E-state index is -0.305. The SMILES string of the molecule is COc1ccc2c(CN3CCS[C@H]4COCC[C@@H]43)cc(=O)oc2c1. The number of rotatable bonds is 3. The maximum atomic E-state index is 12.0. The highest BCUT2D eigenvalue weighted by Crippen LogP contribution is 2.32. The van der Waals surface area contributed by atoms with Crippen molar-refractivity contribution in [3.05, 3.63) is 40.2 Å². The molecule has 2 fully saturated rings. The Morgan fingerprint density at radius 1 is 1.38 bits per heavy atom. The zero-order valence-electron chi connectivity index (χ0n) is 13.7. The van der Waals surface area contributed by atoms with Crippen molar-refractivity contribution < 1.29 is 13.9 Å². The van der Waals surface area contributed by atoms with E-state index in [1.54, 1.807) is 19.2 Å². The van der Waals surface area contributed by atoms with Crippen molar-refractivity contribution in [1.82, 2.24) is 4.90 Å². The molecule has 1 aromatic heterocycles. The summed E-state index contributed by atoms with van der Waals surface area (Å²) in [7, 11) is 1.61. The Morgan fingerprint density at radius 2 is 2.29 bits per heavy atom. The summed E-state index contributed by atoms with van der Waals surface area (Å²) in [5.41, 5.74) is 1.31. The minimum Gasteiger partial charge on any atom is -0.497 e. The Morgan fingerprint density at radius 3 is 3.17 bits per heavy atom. The molecule has 0 bridgehead atoms. The Bertz CT molecular complexity index is 788. The molecule has 0 spiro atoms. The summed E-state index contributed by atoms with van der Waals surface area (Å²) in [5.74, 6) is 1.80. The molecule has 0 N–H and O–H groups in total. The highest BCUT2D eigenvalue weighted by atomic mass is 32.2. The van der Waals surface area contributed by atoms with Crippen LogP contribution in [0.3, 0.4) is 0 Å². The monoisotopic (exact) mass is 347 g/mol. The first-order valence-corrected chi connectivity index (χ1v) is 9.33. The van der Waals surface area contributed by atoms with E-state index in [0.29, 0.717) is 22.6 Å². The van der Waals surface area contributed by atoms with Gasteiger partial charge in [-0.3, -0.25) is 4.90 Å². The van der Waals surface area contributed by atoms with Crippen molar-refractivity contribution in [2.45, 2.75) is 24.3 Å². The Kier molecular flexibility index (Phi) is 4.52. The number of methoxy groups -OCH3 is 1. The van der Waals surface area contributed by atoms with Crippen LogP contribution in [0.15, 0.2) is 33.5 Å². The normalized spacial score (nSPS) is 24.7. The summed E-state index contributed by atoms with van der Waals surface area (Å²) in [6.07, 6.45) is 1.06. The molecular formula is C18H21NO4S. The highest BCUT2D eigenvalue weighted by molar-refractivity contribution is 8.00. The molecule has 2 saturated heterocycles. The van der Waals surface area contributed by atoms with Crippen molar-refractivity contribution in [3.63, 3.8) is 0 Å². The fourth-order valence-corrected chi connectivity index (χ4v) is 5.01. The molecule has 0 aliphatic carbocycles. The van der Waals surface area contributed by atoms with E-state index >= 15 is 0 Å². The number of hydrogen-bond acceptors (Lipinski definition) is 6. The average molecular weight is 347 g/mol. The third-order valence-electron chi connectivity index (χ3n) is 4.86. The highest BCUT2D eigenvalue weighted by Gasteiger charge is 2.34. The molecule has 3 heterocycles. The van der Waals surface area contributed by atoms with Crippen LogP contribution < -0.4 is 10.4 Å². The number of hydrogen-bond donors (Lipinski definition) is 0. The second-order valence-electron chi connectivity index (χ2n) is 6.26. The maximum absolute atomic E-state index is 12.0. The van der Waals surface area contributed by atoms with Crippen LogP contribution in [0.4, 0.5) is 0 Å². The molecule has 0 saturated carbocycles. The molecule has 5 nitrogen and oxygen atoms in total. The van der Waals surface area contributed by atoms with Crippen molar-refractivity contribution in [2.24, 2.45) is 0 Å². The first-order valence-electron chi connectivity index (χ1n) is 8.29. The van der Waals surface area contributed by atoms with Gasteiger partial charge in [-0.05, 0) is 24.1 Å². The molecule has 128 valence electrons. The van der Waals surface area contributed by atoms with Gasteiger partial charge >= 0.3 is 5.63 Å². The molecule has 0 radical (unpaired) electrons. The average Bonchev–Trinajstić information content (AvgIpc) is 2.61. The van der Waals surface area contributed by atoms with Gasteiger partial charge in [0, 0.05) is 54.3 Å². The summed E-state index contributed by atoms with van der Waals surface area (Å²) >= 11 is 2.01. The van der Waals surface area contributed by atoms with Crippen LogP contribution in [-0.2, 0) is 11.3 Å². The number of fused-ring (bicyclic) bond motifs is 2. The van der Waals surface area contributed by atoms with Gasteiger partial charge in [-0.25, -0.2) is 4.79 Å². The molecule has 2 atom stereocenters. The largest absolute Gasteiger partial charge is 0.497 e. The van der Waals surface area contributed by atoms with Crippen molar-refractivity contribution in [2.75, 3.05) is 32.6 Å². The Balaban J connectivity index is 1.67. The summed E-state index contributed by atoms with van der Waals surface area (Å²) < 4.78 is 16.2. The van der Waals surface area contributed by atoms with E-state index in [9.17, 15) is 4.79 Å². The fourth-order valence-electron chi connectivity index (χ4n) is 3.65. The van der Waals surface area contributed by atoms with Crippen molar-refractivity contribution in [3.8, 4) is 5.75 Å². The van der Waals surface area contributed by atoms with Crippen LogP contribution in [0.1, 0.15) is 12.0 Å². The molecule has 2 aliphatic rings. The number of nitrogens with zero attached hydrogens (tertiary/aromatic N) is 1. The third kappa shape index (κ3) is 3.06. The van der Waals surface area contributed by atoms with Gasteiger partial charge in [0.1, 0.15) is 11.3 Å². The van der Waals surface area contributed by atoms with Gasteiger partial charge in [0.15, 0.2) is 0 Å². The van der Waals surface area contributed by atoms with E-state index in [0.717, 1.165) is 49.4 Å². The summed E-state index contributed by atoms with van der Waals surface area (Å²) in [5, 5.41) is 1.52. The molecule has 2 aliphatic heterocycles. The molecule has 2 aromatic rings. The van der Waals surface area contributed by atoms with E-state index in [1.807, 2.05) is 23.9 Å². The van der Waals surface area contributed by atoms with Gasteiger partial charge in [0.25, 0.3) is 0 Å². The van der Waals surface area contributed by atoms with Gasteiger partial charge in [-0.1, -0.05) is 0 Å². The van der Waals surface area contributed by atoms with Crippen LogP contribution in [0.5, 0.6) is 5.75 Å². The Hall–Kier alpha value is -1.50. The zero-order chi connectivity index (χ0) is 16.5. The van der Waals surface area contributed by atoms with E-state index in [1.165, 1.54) is 0 Å². The van der Waals surface area contributed by atoms with Crippen LogP contribution in [0.25, 0.3) is 11.0 Å². The second kappa shape index (κ2) is 6.78. The lowest BCUT2D eigenvalue weighted by Crippen LogP contribution is -2.51. The quantitative estimate of drug-likeness (QED) is 0.795. The lowest BCUT2D eigenvalue weighted by atomic mass is 10.0. The van der Waals surface area contributed by atoms with Gasteiger partial charge in [0.2, 0.25) is 0 Å². The van der Waals surface area contributed by atoms with Gasteiger partial charge in [-0.2, -0.15) is 11.8 Å².